The van der Waals surface area contributed by atoms with Crippen molar-refractivity contribution >= 4 is 17.7 Å². The molecule has 0 aromatic heterocycles. The second kappa shape index (κ2) is 7.85. The standard InChI is InChI=1S/C15H20N2OS/c1-4-19-10-9-12(2)17(3)15(18)14-7-5-13(11-16)6-8-14/h5-8,12H,4,9-10H2,1-3H3/t12-/m0/s1. The lowest BCUT2D eigenvalue weighted by Gasteiger charge is -2.25. The molecule has 0 aliphatic rings. The summed E-state index contributed by atoms with van der Waals surface area (Å²) in [6.45, 7) is 4.21. The Morgan fingerprint density at radius 3 is 2.58 bits per heavy atom. The van der Waals surface area contributed by atoms with E-state index in [1.54, 1.807) is 29.2 Å². The van der Waals surface area contributed by atoms with Crippen molar-refractivity contribution in [3.05, 3.63) is 35.4 Å². The maximum absolute atomic E-state index is 12.3. The Hall–Kier alpha value is -1.47. The minimum Gasteiger partial charge on any atom is -0.339 e. The fraction of sp³-hybridized carbons (Fsp3) is 0.467. The second-order valence-electron chi connectivity index (χ2n) is 4.44. The number of rotatable bonds is 6. The van der Waals surface area contributed by atoms with Crippen LogP contribution < -0.4 is 0 Å². The molecule has 0 bridgehead atoms. The molecule has 0 aliphatic carbocycles. The normalized spacial score (nSPS) is 11.7. The lowest BCUT2D eigenvalue weighted by atomic mass is 10.1. The molecule has 1 aromatic rings. The van der Waals surface area contributed by atoms with Crippen molar-refractivity contribution in [1.29, 1.82) is 5.26 Å². The van der Waals surface area contributed by atoms with E-state index in [-0.39, 0.29) is 11.9 Å². The summed E-state index contributed by atoms with van der Waals surface area (Å²) in [5.74, 6) is 2.20. The zero-order valence-corrected chi connectivity index (χ0v) is 12.5. The van der Waals surface area contributed by atoms with Gasteiger partial charge in [0, 0.05) is 18.7 Å². The molecule has 102 valence electrons. The van der Waals surface area contributed by atoms with E-state index in [2.05, 4.69) is 19.9 Å². The first-order chi connectivity index (χ1) is 9.10. The van der Waals surface area contributed by atoms with E-state index in [0.29, 0.717) is 11.1 Å². The highest BCUT2D eigenvalue weighted by Gasteiger charge is 2.17. The van der Waals surface area contributed by atoms with Crippen LogP contribution in [0.15, 0.2) is 24.3 Å². The van der Waals surface area contributed by atoms with Gasteiger partial charge in [-0.25, -0.2) is 0 Å². The quantitative estimate of drug-likeness (QED) is 0.750. The number of amides is 1. The van der Waals surface area contributed by atoms with Gasteiger partial charge in [0.05, 0.1) is 11.6 Å². The largest absolute Gasteiger partial charge is 0.339 e. The Balaban J connectivity index is 2.62. The summed E-state index contributed by atoms with van der Waals surface area (Å²) in [5.41, 5.74) is 1.21. The third kappa shape index (κ3) is 4.60. The molecule has 1 atom stereocenters. The minimum atomic E-state index is 0.0125. The zero-order chi connectivity index (χ0) is 14.3. The average molecular weight is 276 g/mol. The van der Waals surface area contributed by atoms with Gasteiger partial charge in [0.1, 0.15) is 0 Å². The number of benzene rings is 1. The van der Waals surface area contributed by atoms with Crippen LogP contribution in [0.1, 0.15) is 36.2 Å². The van der Waals surface area contributed by atoms with Gasteiger partial charge in [-0.05, 0) is 49.1 Å². The van der Waals surface area contributed by atoms with E-state index in [0.717, 1.165) is 17.9 Å². The van der Waals surface area contributed by atoms with Gasteiger partial charge >= 0.3 is 0 Å². The lowest BCUT2D eigenvalue weighted by molar-refractivity contribution is 0.0741. The number of carbonyl (C=O) groups excluding carboxylic acids is 1. The van der Waals surface area contributed by atoms with E-state index < -0.39 is 0 Å². The number of carbonyl (C=O) groups is 1. The van der Waals surface area contributed by atoms with Crippen molar-refractivity contribution in [2.24, 2.45) is 0 Å². The monoisotopic (exact) mass is 276 g/mol. The van der Waals surface area contributed by atoms with Crippen molar-refractivity contribution < 1.29 is 4.79 Å². The van der Waals surface area contributed by atoms with Gasteiger partial charge in [0.25, 0.3) is 5.91 Å². The van der Waals surface area contributed by atoms with Crippen LogP contribution in [-0.2, 0) is 0 Å². The first-order valence-corrected chi connectivity index (χ1v) is 7.60. The summed E-state index contributed by atoms with van der Waals surface area (Å²) < 4.78 is 0. The summed E-state index contributed by atoms with van der Waals surface area (Å²) in [7, 11) is 1.84. The highest BCUT2D eigenvalue weighted by atomic mass is 32.2. The minimum absolute atomic E-state index is 0.0125. The van der Waals surface area contributed by atoms with Crippen LogP contribution in [0.5, 0.6) is 0 Å². The Morgan fingerprint density at radius 1 is 1.42 bits per heavy atom. The fourth-order valence-corrected chi connectivity index (χ4v) is 2.48. The predicted molar refractivity (Wildman–Crippen MR) is 80.3 cm³/mol. The summed E-state index contributed by atoms with van der Waals surface area (Å²) in [4.78, 5) is 14.0. The first-order valence-electron chi connectivity index (χ1n) is 6.45. The molecular formula is C15H20N2OS. The Labute approximate surface area is 119 Å². The van der Waals surface area contributed by atoms with Crippen LogP contribution in [-0.4, -0.2) is 35.4 Å². The number of nitrogens with zero attached hydrogens (tertiary/aromatic N) is 2. The molecule has 1 rings (SSSR count). The van der Waals surface area contributed by atoms with Crippen molar-refractivity contribution in [3.8, 4) is 6.07 Å². The molecule has 0 fully saturated rings. The van der Waals surface area contributed by atoms with E-state index in [9.17, 15) is 4.79 Å². The van der Waals surface area contributed by atoms with E-state index in [4.69, 9.17) is 5.26 Å². The molecule has 0 heterocycles. The molecule has 0 saturated heterocycles. The van der Waals surface area contributed by atoms with Gasteiger partial charge in [-0.2, -0.15) is 17.0 Å². The molecule has 0 N–H and O–H groups in total. The highest BCUT2D eigenvalue weighted by molar-refractivity contribution is 7.99. The third-order valence-corrected chi connectivity index (χ3v) is 4.06. The van der Waals surface area contributed by atoms with Crippen LogP contribution in [0.25, 0.3) is 0 Å². The molecular weight excluding hydrogens is 256 g/mol. The van der Waals surface area contributed by atoms with Gasteiger partial charge in [-0.15, -0.1) is 0 Å². The van der Waals surface area contributed by atoms with Crippen LogP contribution >= 0.6 is 11.8 Å². The van der Waals surface area contributed by atoms with Crippen LogP contribution in [0.4, 0.5) is 0 Å². The lowest BCUT2D eigenvalue weighted by Crippen LogP contribution is -2.35. The number of nitriles is 1. The van der Waals surface area contributed by atoms with Gasteiger partial charge in [-0.1, -0.05) is 6.92 Å². The van der Waals surface area contributed by atoms with E-state index in [1.165, 1.54) is 0 Å². The molecule has 0 spiro atoms. The fourth-order valence-electron chi connectivity index (χ4n) is 1.68. The van der Waals surface area contributed by atoms with Crippen molar-refractivity contribution in [2.75, 3.05) is 18.6 Å². The Bertz CT molecular complexity index is 450. The van der Waals surface area contributed by atoms with E-state index >= 15 is 0 Å². The maximum Gasteiger partial charge on any atom is 0.253 e. The summed E-state index contributed by atoms with van der Waals surface area (Å²) in [5, 5.41) is 8.74. The van der Waals surface area contributed by atoms with Crippen LogP contribution in [0, 0.1) is 11.3 Å². The third-order valence-electron chi connectivity index (χ3n) is 3.13. The molecule has 1 amide bonds. The van der Waals surface area contributed by atoms with Crippen molar-refractivity contribution in [2.45, 2.75) is 26.3 Å². The molecule has 19 heavy (non-hydrogen) atoms. The number of hydrogen-bond donors (Lipinski definition) is 0. The predicted octanol–water partition coefficient (Wildman–Crippen LogP) is 3.16. The van der Waals surface area contributed by atoms with Crippen molar-refractivity contribution in [1.82, 2.24) is 4.90 Å². The zero-order valence-electron chi connectivity index (χ0n) is 11.7. The van der Waals surface area contributed by atoms with Crippen LogP contribution in [0.3, 0.4) is 0 Å². The summed E-state index contributed by atoms with van der Waals surface area (Å²) in [6.07, 6.45) is 0.997. The SMILES string of the molecule is CCSCC[C@H](C)N(C)C(=O)c1ccc(C#N)cc1. The van der Waals surface area contributed by atoms with E-state index in [1.807, 2.05) is 18.8 Å². The molecule has 3 nitrogen and oxygen atoms in total. The van der Waals surface area contributed by atoms with Gasteiger partial charge in [-0.3, -0.25) is 4.79 Å². The molecule has 0 saturated carbocycles. The topological polar surface area (TPSA) is 44.1 Å². The molecule has 0 aliphatic heterocycles. The second-order valence-corrected chi connectivity index (χ2v) is 5.83. The highest BCUT2D eigenvalue weighted by Crippen LogP contribution is 2.12. The molecule has 4 heteroatoms. The molecule has 0 radical (unpaired) electrons. The van der Waals surface area contributed by atoms with Gasteiger partial charge in [0.15, 0.2) is 0 Å². The van der Waals surface area contributed by atoms with Crippen molar-refractivity contribution in [3.63, 3.8) is 0 Å². The summed E-state index contributed by atoms with van der Waals surface area (Å²) >= 11 is 1.89. The number of hydrogen-bond acceptors (Lipinski definition) is 3. The Morgan fingerprint density at radius 2 is 2.05 bits per heavy atom. The van der Waals surface area contributed by atoms with Gasteiger partial charge in [0.2, 0.25) is 0 Å². The Kier molecular flexibility index (Phi) is 6.44. The molecule has 1 aromatic carbocycles. The van der Waals surface area contributed by atoms with Gasteiger partial charge < -0.3 is 4.90 Å². The first kappa shape index (κ1) is 15.6. The van der Waals surface area contributed by atoms with Crippen LogP contribution in [0.2, 0.25) is 0 Å². The molecule has 0 unspecified atom stereocenters. The smallest absolute Gasteiger partial charge is 0.253 e. The maximum atomic E-state index is 12.3. The summed E-state index contributed by atoms with van der Waals surface area (Å²) in [6, 6.07) is 9.06. The average Bonchev–Trinajstić information content (AvgIpc) is 2.46. The number of thioether (sulfide) groups is 1.